The van der Waals surface area contributed by atoms with Crippen molar-refractivity contribution in [2.45, 2.75) is 19.3 Å². The third-order valence-corrected chi connectivity index (χ3v) is 2.29. The number of hydrogen-bond donors (Lipinski definition) is 1. The summed E-state index contributed by atoms with van der Waals surface area (Å²) < 4.78 is 44.4. The first-order valence-corrected chi connectivity index (χ1v) is 5.54. The number of carbonyl (C=O) groups excluding carboxylic acids is 1. The van der Waals surface area contributed by atoms with E-state index in [9.17, 15) is 18.0 Å². The SMILES string of the molecule is CCNC(C(=O)OC)c1ccc(OC(F)(F)F)cc1. The van der Waals surface area contributed by atoms with E-state index >= 15 is 0 Å². The Bertz CT molecular complexity index is 417. The lowest BCUT2D eigenvalue weighted by molar-refractivity contribution is -0.274. The Balaban J connectivity index is 2.86. The molecule has 0 amide bonds. The van der Waals surface area contributed by atoms with Crippen LogP contribution in [0, 0.1) is 0 Å². The third kappa shape index (κ3) is 4.78. The summed E-state index contributed by atoms with van der Waals surface area (Å²) in [6.45, 7) is 2.32. The average molecular weight is 277 g/mol. The van der Waals surface area contributed by atoms with Crippen molar-refractivity contribution >= 4 is 5.97 Å². The number of carbonyl (C=O) groups is 1. The average Bonchev–Trinajstić information content (AvgIpc) is 2.34. The fraction of sp³-hybridized carbons (Fsp3) is 0.417. The van der Waals surface area contributed by atoms with Crippen molar-refractivity contribution in [3.63, 3.8) is 0 Å². The Morgan fingerprint density at radius 3 is 2.32 bits per heavy atom. The summed E-state index contributed by atoms with van der Waals surface area (Å²) in [5, 5.41) is 2.88. The molecule has 19 heavy (non-hydrogen) atoms. The topological polar surface area (TPSA) is 47.6 Å². The van der Waals surface area contributed by atoms with Crippen LogP contribution in [-0.4, -0.2) is 26.0 Å². The van der Waals surface area contributed by atoms with Crippen LogP contribution in [0.4, 0.5) is 13.2 Å². The molecular formula is C12H14F3NO3. The molecule has 1 unspecified atom stereocenters. The number of nitrogens with one attached hydrogen (secondary N) is 1. The van der Waals surface area contributed by atoms with Crippen LogP contribution >= 0.6 is 0 Å². The Morgan fingerprint density at radius 2 is 1.89 bits per heavy atom. The maximum atomic E-state index is 12.0. The minimum Gasteiger partial charge on any atom is -0.468 e. The summed E-state index contributed by atoms with van der Waals surface area (Å²) in [5.74, 6) is -0.845. The van der Waals surface area contributed by atoms with Gasteiger partial charge >= 0.3 is 12.3 Å². The van der Waals surface area contributed by atoms with Crippen molar-refractivity contribution in [3.8, 4) is 5.75 Å². The number of benzene rings is 1. The van der Waals surface area contributed by atoms with Gasteiger partial charge < -0.3 is 14.8 Å². The lowest BCUT2D eigenvalue weighted by atomic mass is 10.1. The molecule has 1 atom stereocenters. The van der Waals surface area contributed by atoms with Gasteiger partial charge in [0, 0.05) is 0 Å². The number of hydrogen-bond acceptors (Lipinski definition) is 4. The lowest BCUT2D eigenvalue weighted by Gasteiger charge is -2.16. The molecule has 0 saturated heterocycles. The number of halogens is 3. The Morgan fingerprint density at radius 1 is 1.32 bits per heavy atom. The summed E-state index contributed by atoms with van der Waals surface area (Å²) in [5.41, 5.74) is 0.503. The molecule has 1 aromatic carbocycles. The van der Waals surface area contributed by atoms with Gasteiger partial charge in [0.2, 0.25) is 0 Å². The van der Waals surface area contributed by atoms with Gasteiger partial charge in [-0.1, -0.05) is 19.1 Å². The highest BCUT2D eigenvalue weighted by Crippen LogP contribution is 2.24. The van der Waals surface area contributed by atoms with Crippen LogP contribution in [-0.2, 0) is 9.53 Å². The fourth-order valence-electron chi connectivity index (χ4n) is 1.52. The zero-order chi connectivity index (χ0) is 14.5. The molecule has 106 valence electrons. The highest BCUT2D eigenvalue weighted by Gasteiger charge is 2.31. The summed E-state index contributed by atoms with van der Waals surface area (Å²) in [7, 11) is 1.24. The molecule has 0 aliphatic carbocycles. The molecular weight excluding hydrogens is 263 g/mol. The monoisotopic (exact) mass is 277 g/mol. The summed E-state index contributed by atoms with van der Waals surface area (Å²) >= 11 is 0. The van der Waals surface area contributed by atoms with Crippen LogP contribution in [0.5, 0.6) is 5.75 Å². The first-order chi connectivity index (χ1) is 8.87. The number of likely N-dealkylation sites (N-methyl/N-ethyl adjacent to an activating group) is 1. The summed E-state index contributed by atoms with van der Waals surface area (Å²) in [6.07, 6.45) is -4.73. The normalized spacial score (nSPS) is 12.9. The van der Waals surface area contributed by atoms with E-state index in [2.05, 4.69) is 14.8 Å². The van der Waals surface area contributed by atoms with Crippen molar-refractivity contribution in [3.05, 3.63) is 29.8 Å². The van der Waals surface area contributed by atoms with Gasteiger partial charge in [-0.2, -0.15) is 0 Å². The second-order valence-electron chi connectivity index (χ2n) is 3.63. The molecule has 1 aromatic rings. The first-order valence-electron chi connectivity index (χ1n) is 5.54. The molecule has 0 saturated carbocycles. The number of alkyl halides is 3. The van der Waals surface area contributed by atoms with Crippen LogP contribution in [0.15, 0.2) is 24.3 Å². The number of methoxy groups -OCH3 is 1. The van der Waals surface area contributed by atoms with Crippen molar-refractivity contribution in [2.24, 2.45) is 0 Å². The maximum Gasteiger partial charge on any atom is 0.573 e. The highest BCUT2D eigenvalue weighted by atomic mass is 19.4. The molecule has 0 fully saturated rings. The van der Waals surface area contributed by atoms with E-state index < -0.39 is 18.4 Å². The van der Waals surface area contributed by atoms with Gasteiger partial charge in [-0.25, -0.2) is 4.79 Å². The van der Waals surface area contributed by atoms with E-state index in [-0.39, 0.29) is 5.75 Å². The van der Waals surface area contributed by atoms with E-state index in [4.69, 9.17) is 0 Å². The van der Waals surface area contributed by atoms with Crippen LogP contribution in [0.2, 0.25) is 0 Å². The summed E-state index contributed by atoms with van der Waals surface area (Å²) in [4.78, 5) is 11.5. The van der Waals surface area contributed by atoms with Crippen LogP contribution in [0.3, 0.4) is 0 Å². The maximum absolute atomic E-state index is 12.0. The Hall–Kier alpha value is -1.76. The van der Waals surface area contributed by atoms with Gasteiger partial charge in [-0.3, -0.25) is 0 Å². The molecule has 0 heterocycles. The van der Waals surface area contributed by atoms with E-state index in [1.807, 2.05) is 0 Å². The van der Waals surface area contributed by atoms with Crippen LogP contribution in [0.25, 0.3) is 0 Å². The molecule has 0 aliphatic heterocycles. The van der Waals surface area contributed by atoms with E-state index in [1.165, 1.54) is 19.2 Å². The van der Waals surface area contributed by atoms with E-state index in [0.717, 1.165) is 12.1 Å². The number of esters is 1. The fourth-order valence-corrected chi connectivity index (χ4v) is 1.52. The van der Waals surface area contributed by atoms with Gasteiger partial charge in [0.15, 0.2) is 0 Å². The standard InChI is InChI=1S/C12H14F3NO3/c1-3-16-10(11(17)18-2)8-4-6-9(7-5-8)19-12(13,14)15/h4-7,10,16H,3H2,1-2H3. The van der Waals surface area contributed by atoms with Gasteiger partial charge in [-0.15, -0.1) is 13.2 Å². The molecule has 0 bridgehead atoms. The molecule has 1 N–H and O–H groups in total. The molecule has 0 spiro atoms. The lowest BCUT2D eigenvalue weighted by Crippen LogP contribution is -2.29. The second-order valence-corrected chi connectivity index (χ2v) is 3.63. The van der Waals surface area contributed by atoms with Gasteiger partial charge in [-0.05, 0) is 24.2 Å². The van der Waals surface area contributed by atoms with Crippen molar-refractivity contribution in [2.75, 3.05) is 13.7 Å². The smallest absolute Gasteiger partial charge is 0.468 e. The summed E-state index contributed by atoms with van der Waals surface area (Å²) in [6, 6.07) is 4.35. The zero-order valence-electron chi connectivity index (χ0n) is 10.5. The van der Waals surface area contributed by atoms with Crippen molar-refractivity contribution < 1.29 is 27.4 Å². The minimum atomic E-state index is -4.73. The molecule has 0 aliphatic rings. The van der Waals surface area contributed by atoms with Crippen LogP contribution in [0.1, 0.15) is 18.5 Å². The molecule has 7 heteroatoms. The predicted molar refractivity (Wildman–Crippen MR) is 61.6 cm³/mol. The largest absolute Gasteiger partial charge is 0.573 e. The highest BCUT2D eigenvalue weighted by molar-refractivity contribution is 5.77. The van der Waals surface area contributed by atoms with Gasteiger partial charge in [0.05, 0.1) is 7.11 Å². The van der Waals surface area contributed by atoms with Crippen molar-refractivity contribution in [1.82, 2.24) is 5.32 Å². The third-order valence-electron chi connectivity index (χ3n) is 2.29. The molecule has 4 nitrogen and oxygen atoms in total. The molecule has 0 aromatic heterocycles. The molecule has 1 rings (SSSR count). The van der Waals surface area contributed by atoms with Gasteiger partial charge in [0.25, 0.3) is 0 Å². The zero-order valence-corrected chi connectivity index (χ0v) is 10.5. The Kier molecular flexibility index (Phi) is 5.17. The van der Waals surface area contributed by atoms with Crippen molar-refractivity contribution in [1.29, 1.82) is 0 Å². The Labute approximate surface area is 108 Å². The second kappa shape index (κ2) is 6.42. The van der Waals surface area contributed by atoms with E-state index in [1.54, 1.807) is 6.92 Å². The first kappa shape index (κ1) is 15.3. The quantitative estimate of drug-likeness (QED) is 0.840. The number of ether oxygens (including phenoxy) is 2. The predicted octanol–water partition coefficient (Wildman–Crippen LogP) is 2.41. The minimum absolute atomic E-state index is 0.337. The number of rotatable bonds is 5. The van der Waals surface area contributed by atoms with Crippen LogP contribution < -0.4 is 10.1 Å². The van der Waals surface area contributed by atoms with E-state index in [0.29, 0.717) is 12.1 Å². The van der Waals surface area contributed by atoms with Gasteiger partial charge in [0.1, 0.15) is 11.8 Å². The molecule has 0 radical (unpaired) electrons.